The van der Waals surface area contributed by atoms with Crippen LogP contribution in [-0.4, -0.2) is 0 Å². The fourth-order valence-corrected chi connectivity index (χ4v) is 15.0. The maximum atomic E-state index is 7.01. The highest BCUT2D eigenvalue weighted by Crippen LogP contribution is 2.51. The summed E-state index contributed by atoms with van der Waals surface area (Å²) in [6.45, 7) is 0. The zero-order valence-corrected chi connectivity index (χ0v) is 46.5. The molecule has 15 aromatic carbocycles. The third kappa shape index (κ3) is 7.69. The van der Waals surface area contributed by atoms with Crippen LogP contribution in [0.2, 0.25) is 0 Å². The zero-order chi connectivity index (χ0) is 55.2. The Balaban J connectivity index is 0.904. The van der Waals surface area contributed by atoms with Crippen molar-refractivity contribution in [2.24, 2.45) is 0 Å². The fourth-order valence-electron chi connectivity index (χ4n) is 13.8. The predicted molar refractivity (Wildman–Crippen MR) is 360 cm³/mol. The molecule has 0 saturated heterocycles. The second kappa shape index (κ2) is 19.5. The molecule has 0 aliphatic heterocycles. The van der Waals surface area contributed by atoms with Gasteiger partial charge in [-0.25, -0.2) is 0 Å². The molecule has 0 fully saturated rings. The number of benzene rings is 15. The van der Waals surface area contributed by atoms with E-state index in [-0.39, 0.29) is 0 Å². The number of furan rings is 1. The van der Waals surface area contributed by atoms with Gasteiger partial charge in [-0.05, 0) is 169 Å². The lowest BCUT2D eigenvalue weighted by atomic mass is 9.82. The van der Waals surface area contributed by atoms with Crippen molar-refractivity contribution in [2.45, 2.75) is 0 Å². The van der Waals surface area contributed by atoms with Crippen molar-refractivity contribution >= 4 is 96.5 Å². The van der Waals surface area contributed by atoms with E-state index < -0.39 is 0 Å². The first-order valence-electron chi connectivity index (χ1n) is 28.9. The van der Waals surface area contributed by atoms with Gasteiger partial charge in [0.25, 0.3) is 0 Å². The second-order valence-corrected chi connectivity index (χ2v) is 23.2. The lowest BCUT2D eigenvalue weighted by molar-refractivity contribution is 0.670. The molecule has 0 aliphatic rings. The Labute approximate surface area is 490 Å². The summed E-state index contributed by atoms with van der Waals surface area (Å²) in [5.74, 6) is 0. The predicted octanol–water partition coefficient (Wildman–Crippen LogP) is 23.9. The molecular formula is C82H50OS. The summed E-state index contributed by atoms with van der Waals surface area (Å²) in [6, 6.07) is 112. The molecule has 0 saturated carbocycles. The van der Waals surface area contributed by atoms with Crippen molar-refractivity contribution in [3.8, 4) is 89.0 Å². The highest BCUT2D eigenvalue weighted by atomic mass is 32.1. The van der Waals surface area contributed by atoms with Gasteiger partial charge in [0.05, 0.1) is 0 Å². The average Bonchev–Trinajstić information content (AvgIpc) is 2.07. The molecule has 0 amide bonds. The Morgan fingerprint density at radius 3 is 1.33 bits per heavy atom. The van der Waals surface area contributed by atoms with Crippen LogP contribution in [0.15, 0.2) is 308 Å². The summed E-state index contributed by atoms with van der Waals surface area (Å²) < 4.78 is 9.63. The minimum absolute atomic E-state index is 0.868. The van der Waals surface area contributed by atoms with Crippen molar-refractivity contribution in [1.29, 1.82) is 0 Å². The molecule has 0 unspecified atom stereocenters. The number of hydrogen-bond acceptors (Lipinski definition) is 2. The van der Waals surface area contributed by atoms with Crippen LogP contribution in [-0.2, 0) is 0 Å². The van der Waals surface area contributed by atoms with Crippen LogP contribution in [0.4, 0.5) is 0 Å². The summed E-state index contributed by atoms with van der Waals surface area (Å²) in [6.07, 6.45) is 0. The van der Waals surface area contributed by atoms with E-state index in [1.165, 1.54) is 119 Å². The molecular weight excluding hydrogens is 1030 g/mol. The van der Waals surface area contributed by atoms with Gasteiger partial charge in [-0.2, -0.15) is 0 Å². The molecule has 390 valence electrons. The largest absolute Gasteiger partial charge is 0.455 e. The van der Waals surface area contributed by atoms with Crippen molar-refractivity contribution < 1.29 is 4.42 Å². The Bertz CT molecular complexity index is 5480. The van der Waals surface area contributed by atoms with Crippen molar-refractivity contribution in [1.82, 2.24) is 0 Å². The number of hydrogen-bond donors (Lipinski definition) is 0. The van der Waals surface area contributed by atoms with Gasteiger partial charge in [-0.15, -0.1) is 11.3 Å². The molecule has 0 radical (unpaired) electrons. The van der Waals surface area contributed by atoms with Crippen LogP contribution in [0.3, 0.4) is 0 Å². The van der Waals surface area contributed by atoms with Crippen LogP contribution in [0.1, 0.15) is 0 Å². The summed E-state index contributed by atoms with van der Waals surface area (Å²) >= 11 is 1.88. The number of para-hydroxylation sites is 1. The Morgan fingerprint density at radius 2 is 0.655 bits per heavy atom. The van der Waals surface area contributed by atoms with Crippen molar-refractivity contribution in [2.75, 3.05) is 0 Å². The average molecular weight is 1080 g/mol. The monoisotopic (exact) mass is 1080 g/mol. The lowest BCUT2D eigenvalue weighted by Gasteiger charge is -2.21. The molecule has 17 rings (SSSR count). The quantitative estimate of drug-likeness (QED) is 0.138. The lowest BCUT2D eigenvalue weighted by Crippen LogP contribution is -1.94. The molecule has 0 bridgehead atoms. The van der Waals surface area contributed by atoms with Gasteiger partial charge in [-0.1, -0.05) is 261 Å². The number of fused-ring (bicyclic) bond motifs is 10. The van der Waals surface area contributed by atoms with Crippen LogP contribution < -0.4 is 0 Å². The van der Waals surface area contributed by atoms with E-state index in [0.717, 1.165) is 55.3 Å². The van der Waals surface area contributed by atoms with Crippen molar-refractivity contribution in [3.05, 3.63) is 303 Å². The van der Waals surface area contributed by atoms with Crippen LogP contribution >= 0.6 is 11.3 Å². The Kier molecular flexibility index (Phi) is 11.2. The van der Waals surface area contributed by atoms with E-state index in [1.54, 1.807) is 0 Å². The maximum Gasteiger partial charge on any atom is 0.143 e. The summed E-state index contributed by atoms with van der Waals surface area (Å²) in [7, 11) is 0. The summed E-state index contributed by atoms with van der Waals surface area (Å²) in [5.41, 5.74) is 20.6. The Hall–Kier alpha value is -10.6. The van der Waals surface area contributed by atoms with E-state index in [2.05, 4.69) is 303 Å². The minimum Gasteiger partial charge on any atom is -0.455 e. The van der Waals surface area contributed by atoms with E-state index in [9.17, 15) is 0 Å². The van der Waals surface area contributed by atoms with E-state index in [4.69, 9.17) is 4.42 Å². The van der Waals surface area contributed by atoms with E-state index >= 15 is 0 Å². The smallest absolute Gasteiger partial charge is 0.143 e. The van der Waals surface area contributed by atoms with Crippen LogP contribution in [0.5, 0.6) is 0 Å². The van der Waals surface area contributed by atoms with E-state index in [0.29, 0.717) is 0 Å². The summed E-state index contributed by atoms with van der Waals surface area (Å²) in [5, 5.41) is 14.6. The van der Waals surface area contributed by atoms with Gasteiger partial charge in [0.1, 0.15) is 11.2 Å². The standard InChI is InChI=1S/C82H50OS/c1-4-22-51(23-5-1)76-64-34-10-11-35-65(64)78(53-26-8-3-9-27-53)72-48-55(44-45-68(72)76)54-28-18-30-57(46-54)71-49-59(50-73-62-32-14-16-42-74(62)83-81(71)73)60-38-20-41-70-77(52-24-6-2-7-25-52)66-36-12-13-37-67(66)79(80(60)70)58-31-19-29-56(47-58)61-39-21-40-69-63-33-15-17-43-75(63)84-82(61)69/h1-50H. The molecule has 0 aliphatic carbocycles. The van der Waals surface area contributed by atoms with Gasteiger partial charge in [0.2, 0.25) is 0 Å². The number of thiophene rings is 1. The molecule has 1 nitrogen and oxygen atoms in total. The molecule has 0 atom stereocenters. The minimum atomic E-state index is 0.868. The van der Waals surface area contributed by atoms with Crippen LogP contribution in [0, 0.1) is 0 Å². The van der Waals surface area contributed by atoms with Gasteiger partial charge < -0.3 is 4.42 Å². The third-order valence-electron chi connectivity index (χ3n) is 17.4. The molecule has 17 aromatic rings. The van der Waals surface area contributed by atoms with Gasteiger partial charge in [0, 0.05) is 36.5 Å². The normalized spacial score (nSPS) is 11.8. The molecule has 2 aromatic heterocycles. The van der Waals surface area contributed by atoms with Gasteiger partial charge in [-0.3, -0.25) is 0 Å². The molecule has 84 heavy (non-hydrogen) atoms. The first-order chi connectivity index (χ1) is 41.7. The molecule has 2 heterocycles. The van der Waals surface area contributed by atoms with Gasteiger partial charge in [0.15, 0.2) is 0 Å². The first-order valence-corrected chi connectivity index (χ1v) is 29.7. The first kappa shape index (κ1) is 48.1. The highest BCUT2D eigenvalue weighted by Gasteiger charge is 2.24. The second-order valence-electron chi connectivity index (χ2n) is 22.1. The Morgan fingerprint density at radius 1 is 0.214 bits per heavy atom. The summed E-state index contributed by atoms with van der Waals surface area (Å²) in [4.78, 5) is 0. The fraction of sp³-hybridized carbons (Fsp3) is 0. The SMILES string of the molecule is c1ccc(-c2c3ccccc3c(-c3ccccc3)c3cc(-c4cccc(-c5cc(-c6cccc7c(-c8ccccc8)c8ccccc8c(-c8cccc(-c9cccc%10c9sc9ccccc9%10)c8)c67)cc6c5oc5ccccc56)c4)ccc23)cc1. The topological polar surface area (TPSA) is 13.1 Å². The van der Waals surface area contributed by atoms with E-state index in [1.807, 2.05) is 11.3 Å². The van der Waals surface area contributed by atoms with Gasteiger partial charge >= 0.3 is 0 Å². The molecule has 2 heteroatoms. The third-order valence-corrected chi connectivity index (χ3v) is 18.6. The zero-order valence-electron chi connectivity index (χ0n) is 45.7. The molecule has 0 spiro atoms. The highest BCUT2D eigenvalue weighted by molar-refractivity contribution is 7.26. The van der Waals surface area contributed by atoms with Crippen molar-refractivity contribution in [3.63, 3.8) is 0 Å². The molecule has 0 N–H and O–H groups in total. The van der Waals surface area contributed by atoms with Crippen LogP contribution in [0.25, 0.3) is 174 Å². The number of rotatable bonds is 8. The maximum absolute atomic E-state index is 7.01.